The van der Waals surface area contributed by atoms with Gasteiger partial charge in [-0.1, -0.05) is 62.9 Å². The molecule has 0 aliphatic rings. The van der Waals surface area contributed by atoms with Gasteiger partial charge < -0.3 is 4.74 Å². The van der Waals surface area contributed by atoms with Gasteiger partial charge in [0.05, 0.1) is 6.21 Å². The van der Waals surface area contributed by atoms with E-state index < -0.39 is 0 Å². The lowest BCUT2D eigenvalue weighted by Crippen LogP contribution is -2.16. The monoisotopic (exact) mass is 352 g/mol. The zero-order chi connectivity index (χ0) is 18.5. The van der Waals surface area contributed by atoms with Crippen molar-refractivity contribution < 1.29 is 9.53 Å². The molecule has 138 valence electrons. The Morgan fingerprint density at radius 3 is 2.46 bits per heavy atom. The number of hydrogen-bond acceptors (Lipinski definition) is 3. The highest BCUT2D eigenvalue weighted by Gasteiger charge is 1.99. The molecule has 0 saturated heterocycles. The molecule has 0 spiro atoms. The normalized spacial score (nSPS) is 10.8. The topological polar surface area (TPSA) is 50.7 Å². The third-order valence-electron chi connectivity index (χ3n) is 4.04. The van der Waals surface area contributed by atoms with Crippen molar-refractivity contribution in [3.05, 3.63) is 65.7 Å². The largest absolute Gasteiger partial charge is 0.489 e. The molecule has 0 aliphatic carbocycles. The Balaban J connectivity index is 1.67. The van der Waals surface area contributed by atoms with Gasteiger partial charge >= 0.3 is 0 Å². The fourth-order valence-corrected chi connectivity index (χ4v) is 2.51. The molecular formula is C22H28N2O2. The number of unbranched alkanes of at least 4 members (excludes halogenated alkanes) is 4. The van der Waals surface area contributed by atoms with Gasteiger partial charge in [-0.15, -0.1) is 0 Å². The van der Waals surface area contributed by atoms with Crippen LogP contribution in [0.1, 0.15) is 56.6 Å². The van der Waals surface area contributed by atoms with Gasteiger partial charge in [0.25, 0.3) is 0 Å². The van der Waals surface area contributed by atoms with Crippen LogP contribution in [0.4, 0.5) is 0 Å². The Hall–Kier alpha value is -2.62. The molecule has 2 aromatic rings. The lowest BCUT2D eigenvalue weighted by molar-refractivity contribution is -0.121. The van der Waals surface area contributed by atoms with E-state index in [1.165, 1.54) is 19.3 Å². The van der Waals surface area contributed by atoms with Crippen LogP contribution in [0, 0.1) is 0 Å². The van der Waals surface area contributed by atoms with Crippen LogP contribution in [0.25, 0.3) is 0 Å². The first kappa shape index (κ1) is 19.7. The van der Waals surface area contributed by atoms with Crippen molar-refractivity contribution in [2.45, 2.75) is 52.1 Å². The van der Waals surface area contributed by atoms with Gasteiger partial charge in [0.2, 0.25) is 5.91 Å². The molecule has 4 heteroatoms. The first-order chi connectivity index (χ1) is 12.8. The molecule has 4 nitrogen and oxygen atoms in total. The smallest absolute Gasteiger partial charge is 0.240 e. The predicted octanol–water partition coefficient (Wildman–Crippen LogP) is 5.08. The second-order valence-corrected chi connectivity index (χ2v) is 6.30. The number of hydrazone groups is 1. The first-order valence-corrected chi connectivity index (χ1v) is 9.36. The SMILES string of the molecule is CCCCCCCC(=O)N/N=C\c1ccc(OCc2ccccc2)cc1. The van der Waals surface area contributed by atoms with E-state index in [-0.39, 0.29) is 5.91 Å². The maximum absolute atomic E-state index is 11.7. The maximum atomic E-state index is 11.7. The van der Waals surface area contributed by atoms with Crippen LogP contribution in [0.15, 0.2) is 59.7 Å². The second-order valence-electron chi connectivity index (χ2n) is 6.30. The van der Waals surface area contributed by atoms with E-state index in [1.807, 2.05) is 54.6 Å². The minimum absolute atomic E-state index is 0.0273. The molecule has 0 unspecified atom stereocenters. The van der Waals surface area contributed by atoms with Crippen LogP contribution in [0.3, 0.4) is 0 Å². The number of hydrogen-bond donors (Lipinski definition) is 1. The highest BCUT2D eigenvalue weighted by atomic mass is 16.5. The predicted molar refractivity (Wildman–Crippen MR) is 106 cm³/mol. The molecule has 0 bridgehead atoms. The third-order valence-corrected chi connectivity index (χ3v) is 4.04. The zero-order valence-electron chi connectivity index (χ0n) is 15.5. The Morgan fingerprint density at radius 1 is 1.00 bits per heavy atom. The highest BCUT2D eigenvalue weighted by Crippen LogP contribution is 2.13. The average molecular weight is 352 g/mol. The standard InChI is InChI=1S/C22H28N2O2/c1-2-3-4-5-9-12-22(25)24-23-17-19-13-15-21(16-14-19)26-18-20-10-7-6-8-11-20/h6-8,10-11,13-17H,2-5,9,12,18H2,1H3,(H,24,25)/b23-17-. The van der Waals surface area contributed by atoms with Gasteiger partial charge in [-0.25, -0.2) is 5.43 Å². The molecule has 0 aliphatic heterocycles. The molecule has 1 N–H and O–H groups in total. The van der Waals surface area contributed by atoms with E-state index in [9.17, 15) is 4.79 Å². The second kappa shape index (κ2) is 11.9. The molecule has 2 aromatic carbocycles. The molecule has 0 fully saturated rings. The van der Waals surface area contributed by atoms with Crippen molar-refractivity contribution >= 4 is 12.1 Å². The molecule has 0 saturated carbocycles. The van der Waals surface area contributed by atoms with Crippen LogP contribution < -0.4 is 10.2 Å². The molecule has 1 amide bonds. The summed E-state index contributed by atoms with van der Waals surface area (Å²) in [5, 5.41) is 4.01. The summed E-state index contributed by atoms with van der Waals surface area (Å²) in [6, 6.07) is 17.7. The number of ether oxygens (including phenoxy) is 1. The van der Waals surface area contributed by atoms with Crippen molar-refractivity contribution in [3.8, 4) is 5.75 Å². The molecule has 0 atom stereocenters. The molecule has 0 heterocycles. The molecular weight excluding hydrogens is 324 g/mol. The number of nitrogens with zero attached hydrogens (tertiary/aromatic N) is 1. The summed E-state index contributed by atoms with van der Waals surface area (Å²) < 4.78 is 5.75. The summed E-state index contributed by atoms with van der Waals surface area (Å²) in [5.74, 6) is 0.780. The first-order valence-electron chi connectivity index (χ1n) is 9.36. The summed E-state index contributed by atoms with van der Waals surface area (Å²) >= 11 is 0. The molecule has 0 aromatic heterocycles. The fraction of sp³-hybridized carbons (Fsp3) is 0.364. The maximum Gasteiger partial charge on any atom is 0.240 e. The third kappa shape index (κ3) is 7.97. The van der Waals surface area contributed by atoms with Crippen LogP contribution in [-0.4, -0.2) is 12.1 Å². The zero-order valence-corrected chi connectivity index (χ0v) is 15.5. The van der Waals surface area contributed by atoms with E-state index >= 15 is 0 Å². The summed E-state index contributed by atoms with van der Waals surface area (Å²) in [5.41, 5.74) is 4.63. The Kier molecular flexibility index (Phi) is 8.98. The minimum Gasteiger partial charge on any atom is -0.489 e. The Bertz CT molecular complexity index is 666. The molecule has 2 rings (SSSR count). The Morgan fingerprint density at radius 2 is 1.73 bits per heavy atom. The van der Waals surface area contributed by atoms with Crippen molar-refractivity contribution in [2.75, 3.05) is 0 Å². The van der Waals surface area contributed by atoms with Crippen molar-refractivity contribution in [1.82, 2.24) is 5.43 Å². The van der Waals surface area contributed by atoms with E-state index in [0.29, 0.717) is 13.0 Å². The number of nitrogens with one attached hydrogen (secondary N) is 1. The van der Waals surface area contributed by atoms with Gasteiger partial charge in [0.15, 0.2) is 0 Å². The van der Waals surface area contributed by atoms with Crippen molar-refractivity contribution in [3.63, 3.8) is 0 Å². The number of carbonyl (C=O) groups is 1. The van der Waals surface area contributed by atoms with Crippen LogP contribution in [0.2, 0.25) is 0 Å². The Labute approximate surface area is 156 Å². The number of rotatable bonds is 11. The minimum atomic E-state index is -0.0273. The van der Waals surface area contributed by atoms with E-state index in [2.05, 4.69) is 17.5 Å². The number of amides is 1. The van der Waals surface area contributed by atoms with Crippen LogP contribution in [0.5, 0.6) is 5.75 Å². The molecule has 26 heavy (non-hydrogen) atoms. The van der Waals surface area contributed by atoms with Crippen molar-refractivity contribution in [2.24, 2.45) is 5.10 Å². The quantitative estimate of drug-likeness (QED) is 0.348. The molecule has 0 radical (unpaired) electrons. The summed E-state index contributed by atoms with van der Waals surface area (Å²) in [6.07, 6.45) is 7.87. The van der Waals surface area contributed by atoms with Gasteiger partial charge in [0, 0.05) is 6.42 Å². The average Bonchev–Trinajstić information content (AvgIpc) is 2.68. The van der Waals surface area contributed by atoms with E-state index in [0.717, 1.165) is 29.7 Å². The van der Waals surface area contributed by atoms with Gasteiger partial charge in [-0.2, -0.15) is 5.10 Å². The van der Waals surface area contributed by atoms with E-state index in [4.69, 9.17) is 4.74 Å². The lowest BCUT2D eigenvalue weighted by Gasteiger charge is -2.06. The summed E-state index contributed by atoms with van der Waals surface area (Å²) in [7, 11) is 0. The summed E-state index contributed by atoms with van der Waals surface area (Å²) in [4.78, 5) is 11.7. The summed E-state index contributed by atoms with van der Waals surface area (Å²) in [6.45, 7) is 2.73. The number of carbonyl (C=O) groups excluding carboxylic acids is 1. The van der Waals surface area contributed by atoms with Crippen LogP contribution >= 0.6 is 0 Å². The van der Waals surface area contributed by atoms with Gasteiger partial charge in [0.1, 0.15) is 12.4 Å². The van der Waals surface area contributed by atoms with Gasteiger partial charge in [-0.3, -0.25) is 4.79 Å². The van der Waals surface area contributed by atoms with Gasteiger partial charge in [-0.05, 0) is 41.8 Å². The number of benzene rings is 2. The fourth-order valence-electron chi connectivity index (χ4n) is 2.51. The lowest BCUT2D eigenvalue weighted by atomic mass is 10.1. The van der Waals surface area contributed by atoms with Crippen LogP contribution in [-0.2, 0) is 11.4 Å². The van der Waals surface area contributed by atoms with E-state index in [1.54, 1.807) is 6.21 Å². The van der Waals surface area contributed by atoms with Crippen molar-refractivity contribution in [1.29, 1.82) is 0 Å². The highest BCUT2D eigenvalue weighted by molar-refractivity contribution is 5.82.